The maximum atomic E-state index is 12.1. The van der Waals surface area contributed by atoms with E-state index in [-0.39, 0.29) is 11.5 Å². The molecular weight excluding hydrogens is 238 g/mol. The van der Waals surface area contributed by atoms with E-state index in [0.29, 0.717) is 5.82 Å². The Hall–Kier alpha value is -1.97. The second kappa shape index (κ2) is 4.96. The van der Waals surface area contributed by atoms with Gasteiger partial charge >= 0.3 is 0 Å². The SMILES string of the molecule is Cc1cnc(-c2nc(C)c(C(C)C)c(=O)[nH]2)c(C)c1. The van der Waals surface area contributed by atoms with E-state index in [1.54, 1.807) is 6.20 Å². The Kier molecular flexibility index (Phi) is 3.51. The van der Waals surface area contributed by atoms with Gasteiger partial charge in [-0.15, -0.1) is 0 Å². The highest BCUT2D eigenvalue weighted by Crippen LogP contribution is 2.19. The molecule has 0 saturated carbocycles. The number of rotatable bonds is 2. The van der Waals surface area contributed by atoms with Crippen LogP contribution < -0.4 is 5.56 Å². The van der Waals surface area contributed by atoms with Crippen LogP contribution in [-0.4, -0.2) is 15.0 Å². The summed E-state index contributed by atoms with van der Waals surface area (Å²) in [6.07, 6.45) is 1.79. The Morgan fingerprint density at radius 3 is 2.42 bits per heavy atom. The minimum Gasteiger partial charge on any atom is -0.305 e. The van der Waals surface area contributed by atoms with Crippen molar-refractivity contribution in [1.82, 2.24) is 15.0 Å². The van der Waals surface area contributed by atoms with Crippen molar-refractivity contribution in [1.29, 1.82) is 0 Å². The summed E-state index contributed by atoms with van der Waals surface area (Å²) in [5, 5.41) is 0. The summed E-state index contributed by atoms with van der Waals surface area (Å²) < 4.78 is 0. The molecule has 19 heavy (non-hydrogen) atoms. The summed E-state index contributed by atoms with van der Waals surface area (Å²) >= 11 is 0. The fourth-order valence-electron chi connectivity index (χ4n) is 2.35. The third kappa shape index (κ3) is 2.57. The highest BCUT2D eigenvalue weighted by atomic mass is 16.1. The van der Waals surface area contributed by atoms with Gasteiger partial charge in [-0.3, -0.25) is 9.78 Å². The van der Waals surface area contributed by atoms with Crippen molar-refractivity contribution in [2.75, 3.05) is 0 Å². The van der Waals surface area contributed by atoms with Gasteiger partial charge in [0.25, 0.3) is 5.56 Å². The summed E-state index contributed by atoms with van der Waals surface area (Å²) in [6.45, 7) is 9.83. The number of H-pyrrole nitrogens is 1. The smallest absolute Gasteiger partial charge is 0.254 e. The van der Waals surface area contributed by atoms with Crippen LogP contribution >= 0.6 is 0 Å². The second-order valence-electron chi connectivity index (χ2n) is 5.25. The molecule has 0 unspecified atom stereocenters. The Bertz CT molecular complexity index is 672. The first kappa shape index (κ1) is 13.5. The van der Waals surface area contributed by atoms with Crippen LogP contribution in [0.4, 0.5) is 0 Å². The molecule has 2 rings (SSSR count). The fraction of sp³-hybridized carbons (Fsp3) is 0.400. The van der Waals surface area contributed by atoms with E-state index in [1.165, 1.54) is 0 Å². The summed E-state index contributed by atoms with van der Waals surface area (Å²) in [6, 6.07) is 2.04. The number of hydrogen-bond donors (Lipinski definition) is 1. The molecule has 0 aliphatic carbocycles. The number of aromatic amines is 1. The lowest BCUT2D eigenvalue weighted by atomic mass is 10.0. The van der Waals surface area contributed by atoms with Crippen molar-refractivity contribution < 1.29 is 0 Å². The zero-order chi connectivity index (χ0) is 14.2. The number of nitrogens with zero attached hydrogens (tertiary/aromatic N) is 2. The molecule has 4 nitrogen and oxygen atoms in total. The van der Waals surface area contributed by atoms with Crippen LogP contribution in [0.15, 0.2) is 17.1 Å². The predicted octanol–water partition coefficient (Wildman–Crippen LogP) is 2.88. The van der Waals surface area contributed by atoms with E-state index in [4.69, 9.17) is 0 Å². The molecule has 0 radical (unpaired) electrons. The van der Waals surface area contributed by atoms with Crippen molar-refractivity contribution in [3.05, 3.63) is 45.0 Å². The van der Waals surface area contributed by atoms with Gasteiger partial charge in [0.15, 0.2) is 5.82 Å². The molecule has 0 aromatic carbocycles. The van der Waals surface area contributed by atoms with Crippen LogP contribution in [0.5, 0.6) is 0 Å². The zero-order valence-corrected chi connectivity index (χ0v) is 12.0. The minimum absolute atomic E-state index is 0.0701. The van der Waals surface area contributed by atoms with Crippen LogP contribution in [0.1, 0.15) is 42.1 Å². The average molecular weight is 257 g/mol. The third-order valence-corrected chi connectivity index (χ3v) is 3.16. The Morgan fingerprint density at radius 2 is 1.89 bits per heavy atom. The van der Waals surface area contributed by atoms with Crippen molar-refractivity contribution in [3.63, 3.8) is 0 Å². The molecule has 0 atom stereocenters. The van der Waals surface area contributed by atoms with Gasteiger partial charge in [-0.2, -0.15) is 0 Å². The highest BCUT2D eigenvalue weighted by molar-refractivity contribution is 5.55. The van der Waals surface area contributed by atoms with Crippen LogP contribution in [0.3, 0.4) is 0 Å². The Labute approximate surface area is 112 Å². The largest absolute Gasteiger partial charge is 0.305 e. The number of aryl methyl sites for hydroxylation is 3. The molecule has 0 spiro atoms. The van der Waals surface area contributed by atoms with Crippen molar-refractivity contribution >= 4 is 0 Å². The van der Waals surface area contributed by atoms with Gasteiger partial charge in [0.05, 0.1) is 0 Å². The molecule has 4 heteroatoms. The van der Waals surface area contributed by atoms with Crippen molar-refractivity contribution in [3.8, 4) is 11.5 Å². The molecule has 2 aromatic heterocycles. The van der Waals surface area contributed by atoms with Gasteiger partial charge in [0.2, 0.25) is 0 Å². The molecule has 0 amide bonds. The van der Waals surface area contributed by atoms with Crippen LogP contribution in [0.2, 0.25) is 0 Å². The summed E-state index contributed by atoms with van der Waals surface area (Å²) in [5.41, 5.74) is 4.29. The molecule has 0 fully saturated rings. The lowest BCUT2D eigenvalue weighted by Gasteiger charge is -2.10. The first-order valence-corrected chi connectivity index (χ1v) is 6.44. The average Bonchev–Trinajstić information content (AvgIpc) is 2.26. The zero-order valence-electron chi connectivity index (χ0n) is 12.0. The predicted molar refractivity (Wildman–Crippen MR) is 76.4 cm³/mol. The van der Waals surface area contributed by atoms with E-state index >= 15 is 0 Å². The van der Waals surface area contributed by atoms with E-state index in [9.17, 15) is 4.79 Å². The maximum absolute atomic E-state index is 12.1. The summed E-state index contributed by atoms with van der Waals surface area (Å²) in [4.78, 5) is 23.8. The van der Waals surface area contributed by atoms with Gasteiger partial charge in [-0.25, -0.2) is 4.98 Å². The second-order valence-corrected chi connectivity index (χ2v) is 5.25. The lowest BCUT2D eigenvalue weighted by Crippen LogP contribution is -2.19. The molecule has 2 heterocycles. The molecule has 0 saturated heterocycles. The number of nitrogens with one attached hydrogen (secondary N) is 1. The fourth-order valence-corrected chi connectivity index (χ4v) is 2.35. The lowest BCUT2D eigenvalue weighted by molar-refractivity contribution is 0.813. The molecule has 2 aromatic rings. The number of hydrogen-bond acceptors (Lipinski definition) is 3. The van der Waals surface area contributed by atoms with E-state index in [0.717, 1.165) is 28.1 Å². The minimum atomic E-state index is -0.0701. The Morgan fingerprint density at radius 1 is 1.21 bits per heavy atom. The van der Waals surface area contributed by atoms with E-state index < -0.39 is 0 Å². The molecule has 0 aliphatic heterocycles. The maximum Gasteiger partial charge on any atom is 0.254 e. The molecule has 0 aliphatic rings. The third-order valence-electron chi connectivity index (χ3n) is 3.16. The Balaban J connectivity index is 2.62. The highest BCUT2D eigenvalue weighted by Gasteiger charge is 2.14. The normalized spacial score (nSPS) is 11.1. The first-order valence-electron chi connectivity index (χ1n) is 6.44. The topological polar surface area (TPSA) is 58.6 Å². The van der Waals surface area contributed by atoms with Crippen LogP contribution in [-0.2, 0) is 0 Å². The number of aromatic nitrogens is 3. The van der Waals surface area contributed by atoms with Gasteiger partial charge in [-0.05, 0) is 37.8 Å². The molecule has 1 N–H and O–H groups in total. The van der Waals surface area contributed by atoms with Crippen LogP contribution in [0.25, 0.3) is 11.5 Å². The van der Waals surface area contributed by atoms with E-state index in [1.807, 2.05) is 40.7 Å². The van der Waals surface area contributed by atoms with Crippen molar-refractivity contribution in [2.24, 2.45) is 0 Å². The van der Waals surface area contributed by atoms with E-state index in [2.05, 4.69) is 15.0 Å². The van der Waals surface area contributed by atoms with Gasteiger partial charge < -0.3 is 4.98 Å². The summed E-state index contributed by atoms with van der Waals surface area (Å²) in [7, 11) is 0. The van der Waals surface area contributed by atoms with Crippen molar-refractivity contribution in [2.45, 2.75) is 40.5 Å². The van der Waals surface area contributed by atoms with Crippen LogP contribution in [0, 0.1) is 20.8 Å². The number of pyridine rings is 1. The molecular formula is C15H19N3O. The van der Waals surface area contributed by atoms with Gasteiger partial charge in [0, 0.05) is 17.5 Å². The van der Waals surface area contributed by atoms with Gasteiger partial charge in [-0.1, -0.05) is 19.9 Å². The standard InChI is InChI=1S/C15H19N3O/c1-8(2)12-11(5)17-14(18-15(12)19)13-10(4)6-9(3)7-16-13/h6-8H,1-5H3,(H,17,18,19). The quantitative estimate of drug-likeness (QED) is 0.900. The molecule has 100 valence electrons. The first-order chi connectivity index (χ1) is 8.90. The monoisotopic (exact) mass is 257 g/mol. The van der Waals surface area contributed by atoms with Gasteiger partial charge in [0.1, 0.15) is 5.69 Å². The summed E-state index contributed by atoms with van der Waals surface area (Å²) in [5.74, 6) is 0.710. The molecule has 0 bridgehead atoms.